The highest BCUT2D eigenvalue weighted by Gasteiger charge is 2.17. The van der Waals surface area contributed by atoms with Gasteiger partial charge in [-0.1, -0.05) is 19.8 Å². The number of nitrogens with zero attached hydrogens (tertiary/aromatic N) is 2. The normalized spacial score (nSPS) is 24.4. The van der Waals surface area contributed by atoms with Gasteiger partial charge >= 0.3 is 0 Å². The minimum absolute atomic E-state index is 0.913. The first-order chi connectivity index (χ1) is 8.66. The second kappa shape index (κ2) is 6.37. The third kappa shape index (κ3) is 3.58. The minimum atomic E-state index is 0.913. The molecule has 3 heteroatoms. The second-order valence-electron chi connectivity index (χ2n) is 5.96. The molecule has 0 atom stereocenters. The maximum atomic E-state index is 4.28. The lowest BCUT2D eigenvalue weighted by atomic mass is 9.83. The van der Waals surface area contributed by atoms with Crippen molar-refractivity contribution >= 4 is 0 Å². The van der Waals surface area contributed by atoms with Crippen LogP contribution >= 0.6 is 0 Å². The molecule has 0 amide bonds. The fourth-order valence-corrected chi connectivity index (χ4v) is 2.85. The van der Waals surface area contributed by atoms with Crippen LogP contribution in [-0.2, 0) is 13.5 Å². The Morgan fingerprint density at radius 2 is 2.06 bits per heavy atom. The minimum Gasteiger partial charge on any atom is -0.316 e. The molecule has 0 bridgehead atoms. The molecule has 0 radical (unpaired) electrons. The van der Waals surface area contributed by atoms with Crippen molar-refractivity contribution < 1.29 is 0 Å². The molecular formula is C15H27N3. The molecule has 0 aromatic carbocycles. The van der Waals surface area contributed by atoms with Crippen LogP contribution in [0, 0.1) is 18.8 Å². The predicted molar refractivity (Wildman–Crippen MR) is 75.6 cm³/mol. The van der Waals surface area contributed by atoms with Crippen molar-refractivity contribution in [3.05, 3.63) is 17.5 Å². The van der Waals surface area contributed by atoms with E-state index in [4.69, 9.17) is 0 Å². The van der Waals surface area contributed by atoms with Crippen LogP contribution in [0.15, 0.2) is 6.20 Å². The Hall–Kier alpha value is -0.830. The van der Waals surface area contributed by atoms with Crippen molar-refractivity contribution in [1.82, 2.24) is 15.1 Å². The van der Waals surface area contributed by atoms with Crippen LogP contribution in [0.5, 0.6) is 0 Å². The molecule has 2 rings (SSSR count). The van der Waals surface area contributed by atoms with Gasteiger partial charge in [-0.05, 0) is 56.7 Å². The molecule has 102 valence electrons. The summed E-state index contributed by atoms with van der Waals surface area (Å²) in [5.41, 5.74) is 2.67. The van der Waals surface area contributed by atoms with Crippen LogP contribution in [0.2, 0.25) is 0 Å². The fourth-order valence-electron chi connectivity index (χ4n) is 2.85. The van der Waals surface area contributed by atoms with Crippen molar-refractivity contribution in [3.63, 3.8) is 0 Å². The van der Waals surface area contributed by atoms with Crippen LogP contribution in [0.3, 0.4) is 0 Å². The molecule has 0 spiro atoms. The fraction of sp³-hybridized carbons (Fsp3) is 0.800. The van der Waals surface area contributed by atoms with Gasteiger partial charge in [0, 0.05) is 12.7 Å². The second-order valence-corrected chi connectivity index (χ2v) is 5.96. The molecule has 1 N–H and O–H groups in total. The molecule has 1 aliphatic carbocycles. The van der Waals surface area contributed by atoms with Crippen LogP contribution in [0.25, 0.3) is 0 Å². The van der Waals surface area contributed by atoms with Crippen molar-refractivity contribution in [2.45, 2.75) is 46.0 Å². The first-order valence-electron chi connectivity index (χ1n) is 7.35. The van der Waals surface area contributed by atoms with Crippen LogP contribution in [0.4, 0.5) is 0 Å². The van der Waals surface area contributed by atoms with E-state index in [2.05, 4.69) is 24.3 Å². The van der Waals surface area contributed by atoms with Gasteiger partial charge in [0.15, 0.2) is 0 Å². The van der Waals surface area contributed by atoms with Gasteiger partial charge in [-0.2, -0.15) is 5.10 Å². The van der Waals surface area contributed by atoms with Gasteiger partial charge in [0.05, 0.1) is 6.20 Å². The Morgan fingerprint density at radius 1 is 1.33 bits per heavy atom. The number of rotatable bonds is 5. The van der Waals surface area contributed by atoms with Gasteiger partial charge in [0.1, 0.15) is 0 Å². The average molecular weight is 249 g/mol. The summed E-state index contributed by atoms with van der Waals surface area (Å²) in [5.74, 6) is 1.87. The standard InChI is InChI=1S/C15H27N3/c1-12-4-6-14(7-5-12)10-16-9-8-15-11-17-18(3)13(15)2/h11-12,14,16H,4-10H2,1-3H3. The summed E-state index contributed by atoms with van der Waals surface area (Å²) >= 11 is 0. The Balaban J connectivity index is 1.63. The largest absolute Gasteiger partial charge is 0.316 e. The van der Waals surface area contributed by atoms with Gasteiger partial charge in [-0.3, -0.25) is 4.68 Å². The van der Waals surface area contributed by atoms with E-state index in [9.17, 15) is 0 Å². The van der Waals surface area contributed by atoms with E-state index in [1.807, 2.05) is 17.9 Å². The third-order valence-electron chi connectivity index (χ3n) is 4.48. The summed E-state index contributed by atoms with van der Waals surface area (Å²) in [4.78, 5) is 0. The maximum Gasteiger partial charge on any atom is 0.0524 e. The van der Waals surface area contributed by atoms with Crippen molar-refractivity contribution in [3.8, 4) is 0 Å². The predicted octanol–water partition coefficient (Wildman–Crippen LogP) is 2.69. The van der Waals surface area contributed by atoms with Gasteiger partial charge in [-0.15, -0.1) is 0 Å². The zero-order chi connectivity index (χ0) is 13.0. The lowest BCUT2D eigenvalue weighted by Crippen LogP contribution is -2.27. The first-order valence-corrected chi connectivity index (χ1v) is 7.35. The maximum absolute atomic E-state index is 4.28. The summed E-state index contributed by atoms with van der Waals surface area (Å²) in [7, 11) is 2.01. The number of nitrogens with one attached hydrogen (secondary N) is 1. The molecule has 0 aliphatic heterocycles. The van der Waals surface area contributed by atoms with E-state index in [1.165, 1.54) is 43.5 Å². The van der Waals surface area contributed by atoms with E-state index in [0.717, 1.165) is 24.8 Å². The Morgan fingerprint density at radius 3 is 2.67 bits per heavy atom. The molecule has 1 aromatic heterocycles. The summed E-state index contributed by atoms with van der Waals surface area (Å²) in [6.07, 6.45) is 8.78. The number of aromatic nitrogens is 2. The topological polar surface area (TPSA) is 29.9 Å². The lowest BCUT2D eigenvalue weighted by molar-refractivity contribution is 0.282. The van der Waals surface area contributed by atoms with Crippen LogP contribution in [0.1, 0.15) is 43.9 Å². The monoisotopic (exact) mass is 249 g/mol. The molecular weight excluding hydrogens is 222 g/mol. The highest BCUT2D eigenvalue weighted by Crippen LogP contribution is 2.27. The molecule has 1 fully saturated rings. The van der Waals surface area contributed by atoms with Crippen molar-refractivity contribution in [2.75, 3.05) is 13.1 Å². The number of hydrogen-bond donors (Lipinski definition) is 1. The molecule has 1 aromatic rings. The molecule has 1 heterocycles. The highest BCUT2D eigenvalue weighted by atomic mass is 15.3. The molecule has 18 heavy (non-hydrogen) atoms. The number of hydrogen-bond acceptors (Lipinski definition) is 2. The average Bonchev–Trinajstić information content (AvgIpc) is 2.68. The van der Waals surface area contributed by atoms with Gasteiger partial charge < -0.3 is 5.32 Å². The van der Waals surface area contributed by atoms with E-state index < -0.39 is 0 Å². The van der Waals surface area contributed by atoms with Crippen molar-refractivity contribution in [2.24, 2.45) is 18.9 Å². The van der Waals surface area contributed by atoms with Crippen molar-refractivity contribution in [1.29, 1.82) is 0 Å². The quantitative estimate of drug-likeness (QED) is 0.813. The number of aryl methyl sites for hydroxylation is 1. The smallest absolute Gasteiger partial charge is 0.0524 e. The Kier molecular flexibility index (Phi) is 4.81. The van der Waals surface area contributed by atoms with E-state index in [-0.39, 0.29) is 0 Å². The Bertz CT molecular complexity index is 362. The SMILES string of the molecule is Cc1c(CCNCC2CCC(C)CC2)cnn1C. The lowest BCUT2D eigenvalue weighted by Gasteiger charge is -2.26. The van der Waals surface area contributed by atoms with E-state index in [0.29, 0.717) is 0 Å². The molecule has 0 saturated heterocycles. The van der Waals surface area contributed by atoms with E-state index in [1.54, 1.807) is 0 Å². The summed E-state index contributed by atoms with van der Waals surface area (Å²) in [6.45, 7) is 6.81. The zero-order valence-electron chi connectivity index (χ0n) is 12.1. The third-order valence-corrected chi connectivity index (χ3v) is 4.48. The summed E-state index contributed by atoms with van der Waals surface area (Å²) < 4.78 is 1.96. The summed E-state index contributed by atoms with van der Waals surface area (Å²) in [6, 6.07) is 0. The molecule has 0 unspecified atom stereocenters. The molecule has 3 nitrogen and oxygen atoms in total. The Labute approximate surface area is 111 Å². The van der Waals surface area contributed by atoms with Gasteiger partial charge in [0.2, 0.25) is 0 Å². The molecule has 1 saturated carbocycles. The molecule has 1 aliphatic rings. The zero-order valence-corrected chi connectivity index (χ0v) is 12.1. The van der Waals surface area contributed by atoms with E-state index >= 15 is 0 Å². The van der Waals surface area contributed by atoms with Crippen LogP contribution in [-0.4, -0.2) is 22.9 Å². The van der Waals surface area contributed by atoms with Crippen LogP contribution < -0.4 is 5.32 Å². The first kappa shape index (κ1) is 13.6. The summed E-state index contributed by atoms with van der Waals surface area (Å²) in [5, 5.41) is 7.90. The van der Waals surface area contributed by atoms with Gasteiger partial charge in [-0.25, -0.2) is 0 Å². The highest BCUT2D eigenvalue weighted by molar-refractivity contribution is 5.15. The van der Waals surface area contributed by atoms with Gasteiger partial charge in [0.25, 0.3) is 0 Å².